The van der Waals surface area contributed by atoms with Crippen LogP contribution < -0.4 is 9.96 Å². The Balaban J connectivity index is 1.70. The van der Waals surface area contributed by atoms with Crippen LogP contribution in [0.5, 0.6) is 0 Å². The predicted octanol–water partition coefficient (Wildman–Crippen LogP) is 3.41. The zero-order valence-electron chi connectivity index (χ0n) is 14.9. The van der Waals surface area contributed by atoms with Crippen LogP contribution in [0.1, 0.15) is 20.3 Å². The van der Waals surface area contributed by atoms with Crippen molar-refractivity contribution in [3.63, 3.8) is 0 Å². The Labute approximate surface area is 153 Å². The van der Waals surface area contributed by atoms with Crippen molar-refractivity contribution in [3.8, 4) is 0 Å². The Morgan fingerprint density at radius 2 is 1.46 bits per heavy atom. The van der Waals surface area contributed by atoms with Crippen molar-refractivity contribution in [1.29, 1.82) is 0 Å². The number of hydrogen-bond donors (Lipinski definition) is 0. The smallest absolute Gasteiger partial charge is 0.266 e. The van der Waals surface area contributed by atoms with Crippen molar-refractivity contribution in [3.05, 3.63) is 60.7 Å². The van der Waals surface area contributed by atoms with Crippen LogP contribution in [0.2, 0.25) is 0 Å². The topological polar surface area (TPSA) is 49.9 Å². The van der Waals surface area contributed by atoms with E-state index in [4.69, 9.17) is 4.84 Å². The second-order valence-corrected chi connectivity index (χ2v) is 7.26. The summed E-state index contributed by atoms with van der Waals surface area (Å²) >= 11 is 0. The lowest BCUT2D eigenvalue weighted by Gasteiger charge is -2.29. The summed E-state index contributed by atoms with van der Waals surface area (Å²) in [6, 6.07) is 18.6. The lowest BCUT2D eigenvalue weighted by molar-refractivity contribution is -0.126. The third-order valence-electron chi connectivity index (χ3n) is 4.98. The zero-order chi connectivity index (χ0) is 18.3. The SMILES string of the molecule is CC(C)C[C@H]1[C@H]2C(=O)N(c3ccccc3)C(=O)[C@H]2ON1c1ccccc1. The van der Waals surface area contributed by atoms with Gasteiger partial charge in [-0.15, -0.1) is 0 Å². The first-order valence-electron chi connectivity index (χ1n) is 9.02. The molecule has 0 aromatic heterocycles. The van der Waals surface area contributed by atoms with Crippen LogP contribution in [-0.2, 0) is 14.4 Å². The van der Waals surface area contributed by atoms with Crippen molar-refractivity contribution >= 4 is 23.2 Å². The Kier molecular flexibility index (Phi) is 4.24. The molecule has 26 heavy (non-hydrogen) atoms. The number of hydrogen-bond acceptors (Lipinski definition) is 4. The van der Waals surface area contributed by atoms with E-state index < -0.39 is 12.0 Å². The van der Waals surface area contributed by atoms with Crippen LogP contribution in [0.15, 0.2) is 60.7 Å². The Bertz CT molecular complexity index is 807. The van der Waals surface area contributed by atoms with Gasteiger partial charge in [-0.2, -0.15) is 0 Å². The summed E-state index contributed by atoms with van der Waals surface area (Å²) < 4.78 is 0. The molecule has 0 spiro atoms. The van der Waals surface area contributed by atoms with Gasteiger partial charge in [0, 0.05) is 0 Å². The molecule has 2 fully saturated rings. The second kappa shape index (κ2) is 6.57. The zero-order valence-corrected chi connectivity index (χ0v) is 14.9. The molecule has 2 aromatic rings. The lowest BCUT2D eigenvalue weighted by Crippen LogP contribution is -2.41. The van der Waals surface area contributed by atoms with E-state index in [0.29, 0.717) is 11.6 Å². The van der Waals surface area contributed by atoms with Gasteiger partial charge >= 0.3 is 0 Å². The van der Waals surface area contributed by atoms with Crippen LogP contribution in [0, 0.1) is 11.8 Å². The molecule has 134 valence electrons. The highest BCUT2D eigenvalue weighted by Gasteiger charge is 2.59. The van der Waals surface area contributed by atoms with Gasteiger partial charge in [0.1, 0.15) is 0 Å². The van der Waals surface area contributed by atoms with Crippen LogP contribution in [0.3, 0.4) is 0 Å². The summed E-state index contributed by atoms with van der Waals surface area (Å²) in [5.41, 5.74) is 1.48. The van der Waals surface area contributed by atoms with Crippen LogP contribution >= 0.6 is 0 Å². The number of carbonyl (C=O) groups excluding carboxylic acids is 2. The van der Waals surface area contributed by atoms with Gasteiger partial charge < -0.3 is 0 Å². The van der Waals surface area contributed by atoms with Gasteiger partial charge in [0.2, 0.25) is 5.91 Å². The highest BCUT2D eigenvalue weighted by atomic mass is 16.7. The molecule has 3 atom stereocenters. The largest absolute Gasteiger partial charge is 0.273 e. The highest BCUT2D eigenvalue weighted by Crippen LogP contribution is 2.42. The first-order chi connectivity index (χ1) is 12.6. The lowest BCUT2D eigenvalue weighted by atomic mass is 9.90. The molecule has 2 aromatic carbocycles. The first kappa shape index (κ1) is 16.8. The maximum atomic E-state index is 13.2. The van der Waals surface area contributed by atoms with E-state index in [1.165, 1.54) is 4.90 Å². The van der Waals surface area contributed by atoms with Gasteiger partial charge in [-0.3, -0.25) is 14.4 Å². The van der Waals surface area contributed by atoms with Crippen LogP contribution in [0.4, 0.5) is 11.4 Å². The van der Waals surface area contributed by atoms with Gasteiger partial charge in [0.15, 0.2) is 6.10 Å². The van der Waals surface area contributed by atoms with E-state index in [9.17, 15) is 9.59 Å². The fourth-order valence-electron chi connectivity index (χ4n) is 3.88. The third kappa shape index (κ3) is 2.69. The molecule has 5 nitrogen and oxygen atoms in total. The highest BCUT2D eigenvalue weighted by molar-refractivity contribution is 6.23. The Hall–Kier alpha value is -2.66. The number of anilines is 2. The fraction of sp³-hybridized carbons (Fsp3) is 0.333. The summed E-state index contributed by atoms with van der Waals surface area (Å²) in [6.07, 6.45) is 0.0178. The van der Waals surface area contributed by atoms with E-state index in [1.54, 1.807) is 17.2 Å². The van der Waals surface area contributed by atoms with Crippen molar-refractivity contribution < 1.29 is 14.4 Å². The average molecular weight is 350 g/mol. The monoisotopic (exact) mass is 350 g/mol. The van der Waals surface area contributed by atoms with Gasteiger partial charge in [0.05, 0.1) is 23.3 Å². The first-order valence-corrected chi connectivity index (χ1v) is 9.02. The molecule has 0 bridgehead atoms. The molecular weight excluding hydrogens is 328 g/mol. The summed E-state index contributed by atoms with van der Waals surface area (Å²) in [5.74, 6) is -0.554. The fourth-order valence-corrected chi connectivity index (χ4v) is 3.88. The number of fused-ring (bicyclic) bond motifs is 1. The molecule has 0 aliphatic carbocycles. The molecular formula is C21H22N2O3. The summed E-state index contributed by atoms with van der Waals surface area (Å²) in [7, 11) is 0. The predicted molar refractivity (Wildman–Crippen MR) is 99.5 cm³/mol. The average Bonchev–Trinajstić information content (AvgIpc) is 3.12. The Morgan fingerprint density at radius 1 is 0.885 bits per heavy atom. The van der Waals surface area contributed by atoms with Gasteiger partial charge in [-0.1, -0.05) is 50.2 Å². The number of para-hydroxylation sites is 2. The third-order valence-corrected chi connectivity index (χ3v) is 4.98. The molecule has 2 aliphatic rings. The van der Waals surface area contributed by atoms with E-state index in [2.05, 4.69) is 13.8 Å². The number of imide groups is 1. The van der Waals surface area contributed by atoms with Crippen molar-refractivity contribution in [2.75, 3.05) is 9.96 Å². The normalized spacial score (nSPS) is 25.3. The standard InChI is InChI=1S/C21H22N2O3/c1-14(2)13-17-18-19(26-23(17)16-11-7-4-8-12-16)21(25)22(20(18)24)15-9-5-3-6-10-15/h3-12,14,17-19H,13H2,1-2H3/t17-,18+,19-/m0/s1. The maximum absolute atomic E-state index is 13.2. The van der Waals surface area contributed by atoms with Crippen molar-refractivity contribution in [2.45, 2.75) is 32.4 Å². The van der Waals surface area contributed by atoms with E-state index in [1.807, 2.05) is 48.5 Å². The molecule has 0 saturated carbocycles. The minimum absolute atomic E-state index is 0.160. The molecule has 2 saturated heterocycles. The number of rotatable bonds is 4. The summed E-state index contributed by atoms with van der Waals surface area (Å²) in [5, 5.41) is 1.77. The number of amides is 2. The van der Waals surface area contributed by atoms with E-state index in [-0.39, 0.29) is 17.9 Å². The molecule has 0 radical (unpaired) electrons. The minimum atomic E-state index is -0.758. The maximum Gasteiger partial charge on any atom is 0.266 e. The van der Waals surface area contributed by atoms with Crippen LogP contribution in [-0.4, -0.2) is 24.0 Å². The number of nitrogens with zero attached hydrogens (tertiary/aromatic N) is 2. The van der Waals surface area contributed by atoms with E-state index in [0.717, 1.165) is 12.1 Å². The number of hydroxylamine groups is 1. The molecule has 0 unspecified atom stereocenters. The molecule has 2 amide bonds. The minimum Gasteiger partial charge on any atom is -0.273 e. The Morgan fingerprint density at radius 3 is 2.04 bits per heavy atom. The summed E-state index contributed by atoms with van der Waals surface area (Å²) in [4.78, 5) is 33.4. The molecule has 0 N–H and O–H groups in total. The van der Waals surface area contributed by atoms with Crippen LogP contribution in [0.25, 0.3) is 0 Å². The number of carbonyl (C=O) groups is 2. The quantitative estimate of drug-likeness (QED) is 0.793. The molecule has 2 aliphatic heterocycles. The molecule has 4 rings (SSSR count). The second-order valence-electron chi connectivity index (χ2n) is 7.26. The molecule has 2 heterocycles. The van der Waals surface area contributed by atoms with Gasteiger partial charge in [-0.25, -0.2) is 9.96 Å². The van der Waals surface area contributed by atoms with Crippen molar-refractivity contribution in [1.82, 2.24) is 0 Å². The summed E-state index contributed by atoms with van der Waals surface area (Å²) in [6.45, 7) is 4.24. The molecule has 5 heteroatoms. The van der Waals surface area contributed by atoms with Crippen molar-refractivity contribution in [2.24, 2.45) is 11.8 Å². The van der Waals surface area contributed by atoms with Gasteiger partial charge in [-0.05, 0) is 36.6 Å². The number of benzene rings is 2. The van der Waals surface area contributed by atoms with Gasteiger partial charge in [0.25, 0.3) is 5.91 Å². The van der Waals surface area contributed by atoms with E-state index >= 15 is 0 Å².